The van der Waals surface area contributed by atoms with E-state index in [1.165, 1.54) is 28.8 Å². The maximum atomic E-state index is 12.7. The second-order valence-corrected chi connectivity index (χ2v) is 7.21. The number of thiazole rings is 1. The molecule has 6 nitrogen and oxygen atoms in total. The van der Waals surface area contributed by atoms with Crippen LogP contribution in [-0.4, -0.2) is 30.0 Å². The molecule has 0 spiro atoms. The van der Waals surface area contributed by atoms with Gasteiger partial charge in [0.1, 0.15) is 0 Å². The monoisotopic (exact) mass is 415 g/mol. The lowest BCUT2D eigenvalue weighted by Crippen LogP contribution is -2.21. The first kappa shape index (κ1) is 21.7. The number of alkyl halides is 3. The van der Waals surface area contributed by atoms with Crippen LogP contribution < -0.4 is 10.6 Å². The largest absolute Gasteiger partial charge is 0.451 e. The molecule has 28 heavy (non-hydrogen) atoms. The first-order valence-electron chi connectivity index (χ1n) is 8.49. The Bertz CT molecular complexity index is 822. The number of anilines is 2. The number of nitrogens with zero attached hydrogens (tertiary/aromatic N) is 1. The van der Waals surface area contributed by atoms with Gasteiger partial charge in [-0.2, -0.15) is 13.2 Å². The van der Waals surface area contributed by atoms with Gasteiger partial charge >= 0.3 is 12.1 Å². The van der Waals surface area contributed by atoms with Crippen LogP contribution in [0.1, 0.15) is 36.3 Å². The van der Waals surface area contributed by atoms with Crippen LogP contribution in [0, 0.1) is 5.92 Å². The minimum absolute atomic E-state index is 0.0406. The van der Waals surface area contributed by atoms with Crippen molar-refractivity contribution in [3.8, 4) is 0 Å². The molecule has 2 aromatic rings. The van der Waals surface area contributed by atoms with Crippen LogP contribution in [0.4, 0.5) is 24.0 Å². The van der Waals surface area contributed by atoms with Crippen molar-refractivity contribution in [3.63, 3.8) is 0 Å². The minimum Gasteiger partial charge on any atom is -0.451 e. The summed E-state index contributed by atoms with van der Waals surface area (Å²) >= 11 is 1.24. The number of aromatic nitrogens is 1. The molecule has 1 aromatic heterocycles. The first-order chi connectivity index (χ1) is 13.1. The lowest BCUT2D eigenvalue weighted by Gasteiger charge is -2.10. The van der Waals surface area contributed by atoms with E-state index in [0.29, 0.717) is 11.0 Å². The molecule has 0 fully saturated rings. The van der Waals surface area contributed by atoms with Crippen LogP contribution in [0.5, 0.6) is 0 Å². The predicted octanol–water partition coefficient (Wildman–Crippen LogP) is 4.42. The van der Waals surface area contributed by atoms with Crippen LogP contribution in [0.3, 0.4) is 0 Å². The minimum atomic E-state index is -4.52. The summed E-state index contributed by atoms with van der Waals surface area (Å²) in [5.74, 6) is -1.00. The number of hydrogen-bond acceptors (Lipinski definition) is 6. The molecule has 0 aliphatic rings. The fraction of sp³-hybridized carbons (Fsp3) is 0.389. The number of esters is 1. The third-order valence-electron chi connectivity index (χ3n) is 3.52. The van der Waals surface area contributed by atoms with Crippen molar-refractivity contribution in [1.82, 2.24) is 4.98 Å². The fourth-order valence-electron chi connectivity index (χ4n) is 2.09. The van der Waals surface area contributed by atoms with Crippen LogP contribution in [0.15, 0.2) is 29.6 Å². The fourth-order valence-corrected chi connectivity index (χ4v) is 2.80. The highest BCUT2D eigenvalue weighted by Crippen LogP contribution is 2.30. The number of halogens is 3. The van der Waals surface area contributed by atoms with Crippen LogP contribution in [0.2, 0.25) is 0 Å². The molecule has 0 bridgehead atoms. The van der Waals surface area contributed by atoms with Crippen molar-refractivity contribution >= 4 is 34.0 Å². The Morgan fingerprint density at radius 3 is 2.71 bits per heavy atom. The zero-order valence-corrected chi connectivity index (χ0v) is 16.1. The molecule has 1 aromatic carbocycles. The van der Waals surface area contributed by atoms with E-state index >= 15 is 0 Å². The highest BCUT2D eigenvalue weighted by Gasteiger charge is 2.30. The van der Waals surface area contributed by atoms with Crippen molar-refractivity contribution in [2.24, 2.45) is 5.92 Å². The van der Waals surface area contributed by atoms with Crippen molar-refractivity contribution in [2.75, 3.05) is 23.8 Å². The molecule has 1 amide bonds. The summed E-state index contributed by atoms with van der Waals surface area (Å²) in [4.78, 5) is 27.9. The molecule has 0 unspecified atom stereocenters. The van der Waals surface area contributed by atoms with Gasteiger partial charge in [0.2, 0.25) is 0 Å². The number of nitrogens with one attached hydrogen (secondary N) is 2. The molecule has 0 aliphatic carbocycles. The molecule has 2 rings (SSSR count). The van der Waals surface area contributed by atoms with Gasteiger partial charge in [0, 0.05) is 17.6 Å². The molecule has 0 saturated carbocycles. The second kappa shape index (κ2) is 9.54. The summed E-state index contributed by atoms with van der Waals surface area (Å²) in [6, 6.07) is 4.18. The number of carbonyl (C=O) groups is 2. The number of hydrogen-bond donors (Lipinski definition) is 2. The topological polar surface area (TPSA) is 80.3 Å². The van der Waals surface area contributed by atoms with E-state index in [1.54, 1.807) is 0 Å². The van der Waals surface area contributed by atoms with E-state index in [0.717, 1.165) is 25.1 Å². The lowest BCUT2D eigenvalue weighted by molar-refractivity contribution is -0.137. The van der Waals surface area contributed by atoms with Gasteiger partial charge in [-0.1, -0.05) is 19.9 Å². The van der Waals surface area contributed by atoms with Gasteiger partial charge in [0.25, 0.3) is 5.91 Å². The van der Waals surface area contributed by atoms with Crippen LogP contribution in [-0.2, 0) is 15.7 Å². The van der Waals surface area contributed by atoms with Crippen LogP contribution >= 0.6 is 11.3 Å². The Kier molecular flexibility index (Phi) is 7.38. The summed E-state index contributed by atoms with van der Waals surface area (Å²) in [5, 5.41) is 7.43. The molecule has 10 heteroatoms. The maximum absolute atomic E-state index is 12.7. The van der Waals surface area contributed by atoms with Gasteiger partial charge in [0.05, 0.1) is 5.56 Å². The molecular formula is C18H20F3N3O3S. The molecular weight excluding hydrogens is 395 g/mol. The molecule has 0 atom stereocenters. The average molecular weight is 415 g/mol. The van der Waals surface area contributed by atoms with E-state index in [1.807, 2.05) is 0 Å². The van der Waals surface area contributed by atoms with E-state index in [2.05, 4.69) is 29.5 Å². The smallest absolute Gasteiger partial charge is 0.416 e. The first-order valence-corrected chi connectivity index (χ1v) is 9.36. The van der Waals surface area contributed by atoms with Gasteiger partial charge in [-0.05, 0) is 30.5 Å². The Morgan fingerprint density at radius 1 is 1.29 bits per heavy atom. The van der Waals surface area contributed by atoms with E-state index < -0.39 is 30.2 Å². The molecule has 0 saturated heterocycles. The number of amides is 1. The third-order valence-corrected chi connectivity index (χ3v) is 4.32. The quantitative estimate of drug-likeness (QED) is 0.624. The molecule has 1 heterocycles. The second-order valence-electron chi connectivity index (χ2n) is 6.35. The Hall–Kier alpha value is -2.62. The summed E-state index contributed by atoms with van der Waals surface area (Å²) < 4.78 is 42.9. The lowest BCUT2D eigenvalue weighted by atomic mass is 10.1. The molecule has 0 radical (unpaired) electrons. The summed E-state index contributed by atoms with van der Waals surface area (Å²) in [5.41, 5.74) is -0.868. The van der Waals surface area contributed by atoms with Crippen molar-refractivity contribution in [3.05, 3.63) is 40.9 Å². The summed E-state index contributed by atoms with van der Waals surface area (Å²) in [7, 11) is 0. The zero-order valence-electron chi connectivity index (χ0n) is 15.3. The summed E-state index contributed by atoms with van der Waals surface area (Å²) in [6.45, 7) is 4.27. The normalized spacial score (nSPS) is 11.4. The summed E-state index contributed by atoms with van der Waals surface area (Å²) in [6.07, 6.45) is -3.56. The Morgan fingerprint density at radius 2 is 2.04 bits per heavy atom. The van der Waals surface area contributed by atoms with Gasteiger partial charge in [-0.3, -0.25) is 4.79 Å². The van der Waals surface area contributed by atoms with Crippen molar-refractivity contribution < 1.29 is 27.5 Å². The predicted molar refractivity (Wildman–Crippen MR) is 100 cm³/mol. The number of ether oxygens (including phenoxy) is 1. The molecule has 0 aliphatic heterocycles. The van der Waals surface area contributed by atoms with Gasteiger partial charge in [0.15, 0.2) is 17.4 Å². The standard InChI is InChI=1S/C18H20F3N3O3S/c1-11(2)6-7-22-17-24-14(10-28-17)16(26)27-9-15(25)23-13-5-3-4-12(8-13)18(19,20)21/h3-5,8,10-11H,6-7,9H2,1-2H3,(H,22,24)(H,23,25). The van der Waals surface area contributed by atoms with Gasteiger partial charge in [-0.15, -0.1) is 11.3 Å². The average Bonchev–Trinajstić information content (AvgIpc) is 3.08. The van der Waals surface area contributed by atoms with Crippen LogP contribution in [0.25, 0.3) is 0 Å². The number of benzene rings is 1. The van der Waals surface area contributed by atoms with Gasteiger partial charge in [-0.25, -0.2) is 9.78 Å². The van der Waals surface area contributed by atoms with Crippen molar-refractivity contribution in [2.45, 2.75) is 26.4 Å². The van der Waals surface area contributed by atoms with E-state index in [-0.39, 0.29) is 11.4 Å². The van der Waals surface area contributed by atoms with E-state index in [4.69, 9.17) is 4.74 Å². The number of carbonyl (C=O) groups excluding carboxylic acids is 2. The molecule has 152 valence electrons. The third kappa shape index (κ3) is 6.84. The highest BCUT2D eigenvalue weighted by atomic mass is 32.1. The van der Waals surface area contributed by atoms with E-state index in [9.17, 15) is 22.8 Å². The zero-order chi connectivity index (χ0) is 20.7. The highest BCUT2D eigenvalue weighted by molar-refractivity contribution is 7.13. The number of rotatable bonds is 8. The van der Waals surface area contributed by atoms with Gasteiger partial charge < -0.3 is 15.4 Å². The molecule has 2 N–H and O–H groups in total. The maximum Gasteiger partial charge on any atom is 0.416 e. The van der Waals surface area contributed by atoms with Crippen molar-refractivity contribution in [1.29, 1.82) is 0 Å². The Balaban J connectivity index is 1.83. The Labute approximate surface area is 164 Å². The SMILES string of the molecule is CC(C)CCNc1nc(C(=O)OCC(=O)Nc2cccc(C(F)(F)F)c2)cs1.